The lowest BCUT2D eigenvalue weighted by molar-refractivity contribution is -0.117. The first-order valence-electron chi connectivity index (χ1n) is 15.8. The molecular formula is C36H36Br2N4O6S. The second-order valence-corrected chi connectivity index (χ2v) is 14.7. The second-order valence-electron chi connectivity index (χ2n) is 12.0. The molecule has 0 bridgehead atoms. The Morgan fingerprint density at radius 1 is 1.12 bits per heavy atom. The molecule has 2 aliphatic heterocycles. The number of hydrogen-bond donors (Lipinski definition) is 3. The first-order valence-corrected chi connectivity index (χ1v) is 18.3. The molecule has 1 aromatic heterocycles. The summed E-state index contributed by atoms with van der Waals surface area (Å²) in [6.07, 6.45) is 5.93. The molecule has 3 N–H and O–H groups in total. The Kier molecular flexibility index (Phi) is 10.6. The highest BCUT2D eigenvalue weighted by Gasteiger charge is 2.36. The van der Waals surface area contributed by atoms with Crippen LogP contribution in [-0.2, 0) is 21.5 Å². The zero-order valence-electron chi connectivity index (χ0n) is 27.3. The summed E-state index contributed by atoms with van der Waals surface area (Å²) in [6, 6.07) is 13.3. The average Bonchev–Trinajstić information content (AvgIpc) is 3.67. The molecule has 3 aromatic carbocycles. The molecule has 0 saturated carbocycles. The number of thiazole rings is 1. The van der Waals surface area contributed by atoms with Crippen molar-refractivity contribution in [3.63, 3.8) is 0 Å². The lowest BCUT2D eigenvalue weighted by Crippen LogP contribution is -2.47. The molecule has 1 atom stereocenters. The Bertz CT molecular complexity index is 1920. The SMILES string of the molecule is COc1cc2c(cc1OCCCCN1C(=O)C(=Cc3cc(Br)c(O)c(OC)c3)c3cc(Br)ccc31)C(C)(CC(=O)Nc1nccs1)NCC2. The van der Waals surface area contributed by atoms with E-state index >= 15 is 0 Å². The monoisotopic (exact) mass is 810 g/mol. The number of halogens is 2. The van der Waals surface area contributed by atoms with Gasteiger partial charge < -0.3 is 34.9 Å². The zero-order chi connectivity index (χ0) is 34.7. The van der Waals surface area contributed by atoms with Crippen LogP contribution < -0.4 is 29.7 Å². The summed E-state index contributed by atoms with van der Waals surface area (Å²) >= 11 is 8.31. The van der Waals surface area contributed by atoms with Crippen molar-refractivity contribution < 1.29 is 28.9 Å². The molecule has 0 spiro atoms. The van der Waals surface area contributed by atoms with E-state index < -0.39 is 5.54 Å². The Morgan fingerprint density at radius 3 is 2.69 bits per heavy atom. The van der Waals surface area contributed by atoms with E-state index in [1.54, 1.807) is 30.3 Å². The van der Waals surface area contributed by atoms with Crippen LogP contribution in [0.5, 0.6) is 23.0 Å². The van der Waals surface area contributed by atoms with Gasteiger partial charge in [-0.05, 0) is 107 Å². The van der Waals surface area contributed by atoms with Gasteiger partial charge in [0, 0.05) is 52.2 Å². The standard InChI is InChI=1S/C36H36Br2N4O6S/c1-36(20-32(43)41-35-39-10-13-49-35)26-19-30(29(46-2)17-22(26)8-9-40-36)48-12-5-4-11-42-28-7-6-23(37)18-24(28)25(34(42)45)14-21-15-27(38)33(44)31(16-21)47-3/h6-7,10,13-19,40,44H,4-5,8-9,11-12,20H2,1-3H3,(H,39,41,43). The van der Waals surface area contributed by atoms with Crippen molar-refractivity contribution in [1.29, 1.82) is 0 Å². The lowest BCUT2D eigenvalue weighted by atomic mass is 9.81. The van der Waals surface area contributed by atoms with Gasteiger partial charge in [0.15, 0.2) is 28.1 Å². The molecule has 0 saturated heterocycles. The molecule has 2 amide bonds. The topological polar surface area (TPSA) is 122 Å². The number of nitrogens with zero attached hydrogens (tertiary/aromatic N) is 2. The molecule has 6 rings (SSSR count). The fraction of sp³-hybridized carbons (Fsp3) is 0.306. The summed E-state index contributed by atoms with van der Waals surface area (Å²) in [5, 5.41) is 19.1. The molecule has 2 aliphatic rings. The van der Waals surface area contributed by atoms with Gasteiger partial charge in [-0.15, -0.1) is 11.3 Å². The Hall–Kier alpha value is -3.91. The van der Waals surface area contributed by atoms with E-state index in [1.807, 2.05) is 48.7 Å². The van der Waals surface area contributed by atoms with Gasteiger partial charge in [-0.2, -0.15) is 0 Å². The first kappa shape index (κ1) is 34.9. The zero-order valence-corrected chi connectivity index (χ0v) is 31.3. The van der Waals surface area contributed by atoms with Gasteiger partial charge in [-0.1, -0.05) is 15.9 Å². The van der Waals surface area contributed by atoms with E-state index in [9.17, 15) is 14.7 Å². The van der Waals surface area contributed by atoms with Crippen LogP contribution in [0.2, 0.25) is 0 Å². The van der Waals surface area contributed by atoms with Crippen LogP contribution >= 0.6 is 43.2 Å². The maximum absolute atomic E-state index is 13.8. The summed E-state index contributed by atoms with van der Waals surface area (Å²) in [7, 11) is 3.11. The third-order valence-electron chi connectivity index (χ3n) is 8.72. The van der Waals surface area contributed by atoms with E-state index in [-0.39, 0.29) is 24.0 Å². The number of nitrogens with one attached hydrogen (secondary N) is 2. The minimum atomic E-state index is -0.593. The summed E-state index contributed by atoms with van der Waals surface area (Å²) in [5.74, 6) is 1.37. The van der Waals surface area contributed by atoms with Crippen LogP contribution in [0.4, 0.5) is 10.8 Å². The number of rotatable bonds is 12. The van der Waals surface area contributed by atoms with E-state index in [2.05, 4.69) is 47.5 Å². The van der Waals surface area contributed by atoms with E-state index in [4.69, 9.17) is 14.2 Å². The fourth-order valence-electron chi connectivity index (χ4n) is 6.33. The molecule has 0 fully saturated rings. The van der Waals surface area contributed by atoms with Crippen LogP contribution in [0.1, 0.15) is 48.4 Å². The quantitative estimate of drug-likeness (QED) is 0.0993. The normalized spacial score (nSPS) is 17.5. The van der Waals surface area contributed by atoms with Crippen molar-refractivity contribution >= 4 is 77.5 Å². The third-order valence-corrected chi connectivity index (χ3v) is 10.5. The first-order chi connectivity index (χ1) is 23.6. The summed E-state index contributed by atoms with van der Waals surface area (Å²) in [6.45, 7) is 3.70. The average molecular weight is 813 g/mol. The third kappa shape index (κ3) is 7.49. The summed E-state index contributed by atoms with van der Waals surface area (Å²) in [4.78, 5) is 32.7. The molecule has 4 aromatic rings. The lowest BCUT2D eigenvalue weighted by Gasteiger charge is -2.37. The van der Waals surface area contributed by atoms with Crippen molar-refractivity contribution in [1.82, 2.24) is 10.3 Å². The Labute approximate surface area is 305 Å². The number of carbonyl (C=O) groups is 2. The molecule has 1 unspecified atom stereocenters. The van der Waals surface area contributed by atoms with Gasteiger partial charge in [0.1, 0.15) is 0 Å². The molecule has 0 radical (unpaired) electrons. The predicted octanol–water partition coefficient (Wildman–Crippen LogP) is 7.53. The number of phenolic OH excluding ortho intramolecular Hbond substituents is 1. The van der Waals surface area contributed by atoms with Crippen LogP contribution in [0.25, 0.3) is 11.6 Å². The van der Waals surface area contributed by atoms with E-state index in [1.165, 1.54) is 18.4 Å². The van der Waals surface area contributed by atoms with Gasteiger partial charge in [-0.3, -0.25) is 9.59 Å². The Morgan fingerprint density at radius 2 is 1.94 bits per heavy atom. The second kappa shape index (κ2) is 14.9. The number of phenols is 1. The number of aromatic hydroxyl groups is 1. The van der Waals surface area contributed by atoms with Crippen LogP contribution in [-0.4, -0.2) is 55.8 Å². The number of fused-ring (bicyclic) bond motifs is 2. The number of benzene rings is 3. The Balaban J connectivity index is 1.13. The number of amides is 2. The highest BCUT2D eigenvalue weighted by atomic mass is 79.9. The molecule has 10 nitrogen and oxygen atoms in total. The number of methoxy groups -OCH3 is 2. The van der Waals surface area contributed by atoms with Crippen molar-refractivity contribution in [2.75, 3.05) is 44.1 Å². The molecular weight excluding hydrogens is 776 g/mol. The molecule has 3 heterocycles. The van der Waals surface area contributed by atoms with Gasteiger partial charge >= 0.3 is 0 Å². The largest absolute Gasteiger partial charge is 0.503 e. The van der Waals surface area contributed by atoms with E-state index in [0.717, 1.165) is 45.4 Å². The number of hydrogen-bond acceptors (Lipinski definition) is 9. The highest BCUT2D eigenvalue weighted by molar-refractivity contribution is 9.10. The number of anilines is 2. The van der Waals surface area contributed by atoms with Crippen molar-refractivity contribution in [3.05, 3.63) is 85.2 Å². The van der Waals surface area contributed by atoms with Gasteiger partial charge in [0.25, 0.3) is 5.91 Å². The van der Waals surface area contributed by atoms with Crippen molar-refractivity contribution in [2.24, 2.45) is 0 Å². The van der Waals surface area contributed by atoms with E-state index in [0.29, 0.717) is 58.4 Å². The molecule has 256 valence electrons. The fourth-order valence-corrected chi connectivity index (χ4v) is 7.70. The summed E-state index contributed by atoms with van der Waals surface area (Å²) in [5.41, 5.74) is 4.48. The number of carbonyl (C=O) groups excluding carboxylic acids is 2. The highest BCUT2D eigenvalue weighted by Crippen LogP contribution is 2.42. The van der Waals surface area contributed by atoms with Gasteiger partial charge in [-0.25, -0.2) is 4.98 Å². The minimum absolute atomic E-state index is 0.00285. The maximum Gasteiger partial charge on any atom is 0.258 e. The predicted molar refractivity (Wildman–Crippen MR) is 199 cm³/mol. The molecule has 13 heteroatoms. The number of ether oxygens (including phenoxy) is 3. The van der Waals surface area contributed by atoms with Crippen LogP contribution in [0.15, 0.2) is 63.0 Å². The van der Waals surface area contributed by atoms with Gasteiger partial charge in [0.2, 0.25) is 5.91 Å². The number of aromatic nitrogens is 1. The maximum atomic E-state index is 13.8. The minimum Gasteiger partial charge on any atom is -0.503 e. The van der Waals surface area contributed by atoms with Crippen LogP contribution in [0, 0.1) is 0 Å². The van der Waals surface area contributed by atoms with Crippen LogP contribution in [0.3, 0.4) is 0 Å². The summed E-state index contributed by atoms with van der Waals surface area (Å²) < 4.78 is 18.6. The molecule has 0 aliphatic carbocycles. The number of unbranched alkanes of at least 4 members (excludes halogenated alkanes) is 1. The van der Waals surface area contributed by atoms with Crippen molar-refractivity contribution in [2.45, 2.75) is 38.1 Å². The van der Waals surface area contributed by atoms with Crippen molar-refractivity contribution in [3.8, 4) is 23.0 Å². The van der Waals surface area contributed by atoms with Gasteiger partial charge in [0.05, 0.1) is 31.0 Å². The smallest absolute Gasteiger partial charge is 0.258 e. The molecule has 49 heavy (non-hydrogen) atoms.